The molecule has 1 aromatic carbocycles. The molecular weight excluding hydrogens is 408 g/mol. The topological polar surface area (TPSA) is 117 Å². The summed E-state index contributed by atoms with van der Waals surface area (Å²) in [6.07, 6.45) is 5.80. The standard InChI is InChI=1S/C24H22N4O4/c25-14-24(11-5-7-16-12-15-6-1-2-8-18(15)26-22(16)24)17-13-21(29)27(23(17)30)19-9-3-4-10-20(19)28(31)32/h3-4,9-10,12,17H,1-2,5-8,11,13H2. The zero-order valence-corrected chi connectivity index (χ0v) is 17.5. The van der Waals surface area contributed by atoms with Gasteiger partial charge in [0.1, 0.15) is 11.1 Å². The van der Waals surface area contributed by atoms with Crippen LogP contribution >= 0.6 is 0 Å². The Balaban J connectivity index is 1.60. The number of imide groups is 1. The molecule has 32 heavy (non-hydrogen) atoms. The first kappa shape index (κ1) is 20.3. The number of aromatic nitrogens is 1. The van der Waals surface area contributed by atoms with Crippen LogP contribution in [0.25, 0.3) is 0 Å². The number of para-hydroxylation sites is 2. The van der Waals surface area contributed by atoms with E-state index >= 15 is 0 Å². The zero-order valence-electron chi connectivity index (χ0n) is 17.5. The van der Waals surface area contributed by atoms with Gasteiger partial charge in [0.05, 0.1) is 22.6 Å². The van der Waals surface area contributed by atoms with Gasteiger partial charge in [-0.15, -0.1) is 0 Å². The van der Waals surface area contributed by atoms with Crippen LogP contribution in [0.3, 0.4) is 0 Å². The number of carbonyl (C=O) groups excluding carboxylic acids is 2. The maximum Gasteiger partial charge on any atom is 0.293 e. The number of nitrogens with zero attached hydrogens (tertiary/aromatic N) is 4. The van der Waals surface area contributed by atoms with Crippen molar-refractivity contribution in [1.29, 1.82) is 5.26 Å². The smallest absolute Gasteiger partial charge is 0.274 e. The molecule has 2 unspecified atom stereocenters. The number of benzene rings is 1. The average molecular weight is 430 g/mol. The molecule has 2 aliphatic carbocycles. The summed E-state index contributed by atoms with van der Waals surface area (Å²) in [6, 6.07) is 10.2. The molecule has 162 valence electrons. The second kappa shape index (κ2) is 7.52. The van der Waals surface area contributed by atoms with Crippen molar-refractivity contribution in [3.63, 3.8) is 0 Å². The molecule has 2 heterocycles. The largest absolute Gasteiger partial charge is 0.293 e. The molecule has 3 aliphatic rings. The summed E-state index contributed by atoms with van der Waals surface area (Å²) < 4.78 is 0. The van der Waals surface area contributed by atoms with E-state index in [1.54, 1.807) is 6.07 Å². The van der Waals surface area contributed by atoms with Crippen molar-refractivity contribution in [2.45, 2.75) is 56.8 Å². The lowest BCUT2D eigenvalue weighted by molar-refractivity contribution is -0.384. The van der Waals surface area contributed by atoms with Gasteiger partial charge in [-0.1, -0.05) is 18.2 Å². The van der Waals surface area contributed by atoms with Gasteiger partial charge in [-0.25, -0.2) is 4.90 Å². The minimum Gasteiger partial charge on any atom is -0.274 e. The summed E-state index contributed by atoms with van der Waals surface area (Å²) >= 11 is 0. The number of nitriles is 1. The summed E-state index contributed by atoms with van der Waals surface area (Å²) in [5.41, 5.74) is 2.27. The molecule has 0 bridgehead atoms. The average Bonchev–Trinajstić information content (AvgIpc) is 3.11. The monoisotopic (exact) mass is 430 g/mol. The Morgan fingerprint density at radius 1 is 1.12 bits per heavy atom. The van der Waals surface area contributed by atoms with Crippen LogP contribution < -0.4 is 4.90 Å². The van der Waals surface area contributed by atoms with Crippen molar-refractivity contribution in [3.05, 3.63) is 63.0 Å². The van der Waals surface area contributed by atoms with Crippen molar-refractivity contribution < 1.29 is 14.5 Å². The highest BCUT2D eigenvalue weighted by atomic mass is 16.6. The third-order valence-corrected chi connectivity index (χ3v) is 7.08. The minimum atomic E-state index is -1.20. The SMILES string of the molecule is N#CC1(C2CC(=O)N(c3ccccc3[N+](=O)[O-])C2=O)CCCc2cc3c(nc21)CCCC3. The Labute approximate surface area is 185 Å². The molecule has 1 saturated heterocycles. The summed E-state index contributed by atoms with van der Waals surface area (Å²) in [5.74, 6) is -1.99. The lowest BCUT2D eigenvalue weighted by Gasteiger charge is -2.36. The van der Waals surface area contributed by atoms with E-state index in [0.29, 0.717) is 12.1 Å². The van der Waals surface area contributed by atoms with Crippen molar-refractivity contribution in [1.82, 2.24) is 4.98 Å². The molecule has 1 aromatic heterocycles. The Bertz CT molecular complexity index is 1200. The van der Waals surface area contributed by atoms with E-state index in [1.165, 1.54) is 23.8 Å². The van der Waals surface area contributed by atoms with Gasteiger partial charge in [-0.05, 0) is 62.1 Å². The van der Waals surface area contributed by atoms with E-state index in [2.05, 4.69) is 12.1 Å². The molecule has 2 amide bonds. The van der Waals surface area contributed by atoms with Crippen LogP contribution in [0.1, 0.15) is 54.6 Å². The first-order valence-electron chi connectivity index (χ1n) is 11.0. The number of rotatable bonds is 3. The van der Waals surface area contributed by atoms with E-state index in [4.69, 9.17) is 4.98 Å². The van der Waals surface area contributed by atoms with Crippen LogP contribution in [-0.4, -0.2) is 21.7 Å². The normalized spacial score (nSPS) is 24.6. The van der Waals surface area contributed by atoms with Crippen molar-refractivity contribution >= 4 is 23.2 Å². The number of hydrogen-bond donors (Lipinski definition) is 0. The quantitative estimate of drug-likeness (QED) is 0.418. The summed E-state index contributed by atoms with van der Waals surface area (Å²) in [7, 11) is 0. The van der Waals surface area contributed by atoms with Crippen LogP contribution in [0.4, 0.5) is 11.4 Å². The van der Waals surface area contributed by atoms with Gasteiger partial charge in [0.15, 0.2) is 0 Å². The highest BCUT2D eigenvalue weighted by Gasteiger charge is 2.56. The minimum absolute atomic E-state index is 0.0440. The van der Waals surface area contributed by atoms with Gasteiger partial charge in [0.2, 0.25) is 11.8 Å². The number of aryl methyl sites for hydroxylation is 3. The third kappa shape index (κ3) is 2.92. The molecule has 5 rings (SSSR count). The van der Waals surface area contributed by atoms with Gasteiger partial charge in [-0.3, -0.25) is 24.7 Å². The second-order valence-corrected chi connectivity index (χ2v) is 8.82. The van der Waals surface area contributed by atoms with Crippen molar-refractivity contribution in [3.8, 4) is 6.07 Å². The number of amides is 2. The van der Waals surface area contributed by atoms with Crippen LogP contribution in [0.5, 0.6) is 0 Å². The van der Waals surface area contributed by atoms with Gasteiger partial charge in [0, 0.05) is 18.2 Å². The Morgan fingerprint density at radius 3 is 2.66 bits per heavy atom. The number of nitro benzene ring substituents is 1. The lowest BCUT2D eigenvalue weighted by Crippen LogP contribution is -2.43. The fraction of sp³-hybridized carbons (Fsp3) is 0.417. The molecule has 0 N–H and O–H groups in total. The molecule has 0 spiro atoms. The van der Waals surface area contributed by atoms with Crippen LogP contribution in [0.2, 0.25) is 0 Å². The lowest BCUT2D eigenvalue weighted by atomic mass is 9.65. The van der Waals surface area contributed by atoms with Gasteiger partial charge >= 0.3 is 0 Å². The van der Waals surface area contributed by atoms with Gasteiger partial charge < -0.3 is 0 Å². The molecule has 2 aromatic rings. The maximum atomic E-state index is 13.6. The number of anilines is 1. The number of carbonyl (C=O) groups is 2. The Morgan fingerprint density at radius 2 is 1.88 bits per heavy atom. The fourth-order valence-corrected chi connectivity index (χ4v) is 5.54. The van der Waals surface area contributed by atoms with Gasteiger partial charge in [0.25, 0.3) is 5.69 Å². The molecule has 2 atom stereocenters. The Kier molecular flexibility index (Phi) is 4.77. The van der Waals surface area contributed by atoms with Crippen molar-refractivity contribution in [2.24, 2.45) is 5.92 Å². The maximum absolute atomic E-state index is 13.6. The highest BCUT2D eigenvalue weighted by Crippen LogP contribution is 2.48. The van der Waals surface area contributed by atoms with Crippen LogP contribution in [0.15, 0.2) is 30.3 Å². The van der Waals surface area contributed by atoms with E-state index < -0.39 is 28.1 Å². The van der Waals surface area contributed by atoms with Crippen molar-refractivity contribution in [2.75, 3.05) is 4.90 Å². The summed E-state index contributed by atoms with van der Waals surface area (Å²) in [4.78, 5) is 43.2. The molecule has 1 aliphatic heterocycles. The van der Waals surface area contributed by atoms with Crippen LogP contribution in [0, 0.1) is 27.4 Å². The second-order valence-electron chi connectivity index (χ2n) is 8.82. The number of pyridine rings is 1. The number of nitro groups is 1. The fourth-order valence-electron chi connectivity index (χ4n) is 5.54. The predicted octanol–water partition coefficient (Wildman–Crippen LogP) is 3.55. The molecule has 8 nitrogen and oxygen atoms in total. The zero-order chi connectivity index (χ0) is 22.5. The number of fused-ring (bicyclic) bond motifs is 2. The van der Waals surface area contributed by atoms with E-state index in [-0.39, 0.29) is 17.8 Å². The summed E-state index contributed by atoms with van der Waals surface area (Å²) in [6.45, 7) is 0. The molecular formula is C24H22N4O4. The summed E-state index contributed by atoms with van der Waals surface area (Å²) in [5, 5.41) is 21.9. The molecule has 1 fully saturated rings. The van der Waals surface area contributed by atoms with Gasteiger partial charge in [-0.2, -0.15) is 5.26 Å². The van der Waals surface area contributed by atoms with E-state index in [0.717, 1.165) is 54.7 Å². The first-order chi connectivity index (χ1) is 15.5. The predicted molar refractivity (Wildman–Crippen MR) is 115 cm³/mol. The van der Waals surface area contributed by atoms with Crippen LogP contribution in [-0.2, 0) is 34.3 Å². The van der Waals surface area contributed by atoms with E-state index in [1.807, 2.05) is 0 Å². The third-order valence-electron chi connectivity index (χ3n) is 7.08. The highest BCUT2D eigenvalue weighted by molar-refractivity contribution is 6.22. The van der Waals surface area contributed by atoms with E-state index in [9.17, 15) is 25.0 Å². The number of hydrogen-bond acceptors (Lipinski definition) is 6. The Hall–Kier alpha value is -3.60. The first-order valence-corrected chi connectivity index (χ1v) is 11.0. The molecule has 8 heteroatoms. The molecule has 0 saturated carbocycles. The molecule has 0 radical (unpaired) electrons.